The maximum Gasteiger partial charge on any atom is 0.293 e. The number of hydrogen-bond acceptors (Lipinski definition) is 6. The predicted octanol–water partition coefficient (Wildman–Crippen LogP) is 1.04. The standard InChI is InChI=1S/C14H19N3O4S/c1-22(20,21)12-2-3-13(14(6-12)17(18)19)16-5-4-10-7-15-8-11(10)9-16/h2-3,6,10-11,15H,4-5,7-9H2,1H3. The van der Waals surface area contributed by atoms with Crippen molar-refractivity contribution in [2.24, 2.45) is 11.8 Å². The number of nitrogens with one attached hydrogen (secondary N) is 1. The summed E-state index contributed by atoms with van der Waals surface area (Å²) in [7, 11) is -3.45. The monoisotopic (exact) mass is 325 g/mol. The first-order chi connectivity index (χ1) is 10.4. The molecule has 1 aromatic rings. The van der Waals surface area contributed by atoms with Crippen molar-refractivity contribution in [3.05, 3.63) is 28.3 Å². The van der Waals surface area contributed by atoms with Crippen LogP contribution in [0.25, 0.3) is 0 Å². The highest BCUT2D eigenvalue weighted by Gasteiger charge is 2.34. The fourth-order valence-corrected chi connectivity index (χ4v) is 4.04. The summed E-state index contributed by atoms with van der Waals surface area (Å²) < 4.78 is 23.2. The van der Waals surface area contributed by atoms with Gasteiger partial charge in [0.05, 0.1) is 9.82 Å². The van der Waals surface area contributed by atoms with Crippen molar-refractivity contribution in [1.29, 1.82) is 0 Å². The van der Waals surface area contributed by atoms with Gasteiger partial charge in [-0.3, -0.25) is 10.1 Å². The van der Waals surface area contributed by atoms with Gasteiger partial charge >= 0.3 is 0 Å². The van der Waals surface area contributed by atoms with Gasteiger partial charge in [-0.15, -0.1) is 0 Å². The summed E-state index contributed by atoms with van der Waals surface area (Å²) in [4.78, 5) is 12.8. The Labute approximate surface area is 129 Å². The second kappa shape index (κ2) is 5.51. The number of nitro groups is 1. The molecule has 22 heavy (non-hydrogen) atoms. The minimum absolute atomic E-state index is 0.0135. The summed E-state index contributed by atoms with van der Waals surface area (Å²) in [5.41, 5.74) is 0.384. The van der Waals surface area contributed by atoms with Gasteiger partial charge in [-0.05, 0) is 43.5 Å². The summed E-state index contributed by atoms with van der Waals surface area (Å²) in [6.45, 7) is 3.50. The van der Waals surface area contributed by atoms with Gasteiger partial charge in [0.25, 0.3) is 5.69 Å². The number of rotatable bonds is 3. The lowest BCUT2D eigenvalue weighted by Gasteiger charge is -2.35. The zero-order valence-corrected chi connectivity index (χ0v) is 13.2. The number of nitrogens with zero attached hydrogens (tertiary/aromatic N) is 2. The van der Waals surface area contributed by atoms with E-state index < -0.39 is 14.8 Å². The molecule has 120 valence electrons. The summed E-state index contributed by atoms with van der Waals surface area (Å²) in [5, 5.41) is 14.7. The molecule has 2 atom stereocenters. The number of fused-ring (bicyclic) bond motifs is 1. The first-order valence-corrected chi connectivity index (χ1v) is 9.19. The largest absolute Gasteiger partial charge is 0.366 e. The lowest BCUT2D eigenvalue weighted by atomic mass is 9.88. The molecule has 0 aromatic heterocycles. The van der Waals surface area contributed by atoms with Gasteiger partial charge < -0.3 is 10.2 Å². The van der Waals surface area contributed by atoms with E-state index in [1.54, 1.807) is 6.07 Å². The van der Waals surface area contributed by atoms with Crippen LogP contribution in [0.3, 0.4) is 0 Å². The minimum Gasteiger partial charge on any atom is -0.366 e. The highest BCUT2D eigenvalue weighted by molar-refractivity contribution is 7.90. The molecule has 8 heteroatoms. The smallest absolute Gasteiger partial charge is 0.293 e. The normalized spacial score (nSPS) is 25.0. The van der Waals surface area contributed by atoms with Crippen LogP contribution in [0.1, 0.15) is 6.42 Å². The summed E-state index contributed by atoms with van der Waals surface area (Å²) >= 11 is 0. The quantitative estimate of drug-likeness (QED) is 0.659. The Morgan fingerprint density at radius 1 is 1.32 bits per heavy atom. The molecule has 2 aliphatic heterocycles. The number of sulfone groups is 1. The van der Waals surface area contributed by atoms with E-state index in [1.807, 2.05) is 4.90 Å². The molecule has 0 saturated carbocycles. The van der Waals surface area contributed by atoms with Crippen LogP contribution in [0.5, 0.6) is 0 Å². The maximum atomic E-state index is 11.6. The second-order valence-corrected chi connectivity index (χ2v) is 8.11. The first kappa shape index (κ1) is 15.2. The Morgan fingerprint density at radius 3 is 2.73 bits per heavy atom. The molecule has 0 spiro atoms. The van der Waals surface area contributed by atoms with Crippen molar-refractivity contribution < 1.29 is 13.3 Å². The minimum atomic E-state index is -3.45. The molecule has 2 saturated heterocycles. The van der Waals surface area contributed by atoms with Gasteiger partial charge in [0.2, 0.25) is 0 Å². The average Bonchev–Trinajstić information content (AvgIpc) is 2.92. The Balaban J connectivity index is 1.94. The van der Waals surface area contributed by atoms with Gasteiger partial charge in [-0.1, -0.05) is 0 Å². The summed E-state index contributed by atoms with van der Waals surface area (Å²) in [6.07, 6.45) is 2.06. The van der Waals surface area contributed by atoms with Crippen molar-refractivity contribution >= 4 is 21.2 Å². The average molecular weight is 325 g/mol. The molecule has 7 nitrogen and oxygen atoms in total. The van der Waals surface area contributed by atoms with Gasteiger partial charge in [0.1, 0.15) is 5.69 Å². The highest BCUT2D eigenvalue weighted by atomic mass is 32.2. The number of anilines is 1. The highest BCUT2D eigenvalue weighted by Crippen LogP contribution is 2.35. The van der Waals surface area contributed by atoms with Crippen LogP contribution in [0.15, 0.2) is 23.1 Å². The van der Waals surface area contributed by atoms with Crippen LogP contribution >= 0.6 is 0 Å². The Morgan fingerprint density at radius 2 is 2.05 bits per heavy atom. The number of piperidine rings is 1. The third kappa shape index (κ3) is 2.80. The van der Waals surface area contributed by atoms with Crippen LogP contribution in [-0.2, 0) is 9.84 Å². The Hall–Kier alpha value is -1.67. The van der Waals surface area contributed by atoms with Crippen molar-refractivity contribution in [2.75, 3.05) is 37.3 Å². The first-order valence-electron chi connectivity index (χ1n) is 7.30. The van der Waals surface area contributed by atoms with Crippen molar-refractivity contribution in [3.63, 3.8) is 0 Å². The SMILES string of the molecule is CS(=O)(=O)c1ccc(N2CCC3CNCC3C2)c([N+](=O)[O-])c1. The van der Waals surface area contributed by atoms with Crippen molar-refractivity contribution in [2.45, 2.75) is 11.3 Å². The number of benzene rings is 1. The van der Waals surface area contributed by atoms with E-state index in [2.05, 4.69) is 5.32 Å². The molecule has 1 aromatic carbocycles. The molecular weight excluding hydrogens is 306 g/mol. The fourth-order valence-electron chi connectivity index (χ4n) is 3.40. The van der Waals surface area contributed by atoms with Crippen LogP contribution in [0.2, 0.25) is 0 Å². The predicted molar refractivity (Wildman–Crippen MR) is 82.9 cm³/mol. The third-order valence-electron chi connectivity index (χ3n) is 4.62. The van der Waals surface area contributed by atoms with Crippen molar-refractivity contribution in [1.82, 2.24) is 5.32 Å². The van der Waals surface area contributed by atoms with E-state index in [4.69, 9.17) is 0 Å². The lowest BCUT2D eigenvalue weighted by molar-refractivity contribution is -0.384. The van der Waals surface area contributed by atoms with E-state index >= 15 is 0 Å². The van der Waals surface area contributed by atoms with E-state index in [1.165, 1.54) is 12.1 Å². The van der Waals surface area contributed by atoms with Crippen molar-refractivity contribution in [3.8, 4) is 0 Å². The summed E-state index contributed by atoms with van der Waals surface area (Å²) in [5.74, 6) is 1.15. The topological polar surface area (TPSA) is 92.6 Å². The third-order valence-corrected chi connectivity index (χ3v) is 5.73. The molecular formula is C14H19N3O4S. The molecule has 2 heterocycles. The van der Waals surface area contributed by atoms with E-state index in [0.717, 1.165) is 38.9 Å². The lowest BCUT2D eigenvalue weighted by Crippen LogP contribution is -2.40. The van der Waals surface area contributed by atoms with E-state index in [-0.39, 0.29) is 10.6 Å². The molecule has 2 unspecified atom stereocenters. The molecule has 2 aliphatic rings. The van der Waals surface area contributed by atoms with Gasteiger partial charge in [-0.25, -0.2) is 8.42 Å². The zero-order valence-electron chi connectivity index (χ0n) is 12.4. The van der Waals surface area contributed by atoms with Crippen LogP contribution < -0.4 is 10.2 Å². The van der Waals surface area contributed by atoms with E-state index in [0.29, 0.717) is 17.5 Å². The van der Waals surface area contributed by atoms with Crippen LogP contribution in [0, 0.1) is 22.0 Å². The molecule has 0 aliphatic carbocycles. The van der Waals surface area contributed by atoms with Gasteiger partial charge in [0, 0.05) is 25.4 Å². The Kier molecular flexibility index (Phi) is 3.82. The van der Waals surface area contributed by atoms with Crippen LogP contribution in [0.4, 0.5) is 11.4 Å². The molecule has 0 amide bonds. The maximum absolute atomic E-state index is 11.6. The molecule has 0 bridgehead atoms. The summed E-state index contributed by atoms with van der Waals surface area (Å²) in [6, 6.07) is 4.19. The zero-order chi connectivity index (χ0) is 15.9. The van der Waals surface area contributed by atoms with Crippen LogP contribution in [-0.4, -0.2) is 45.8 Å². The molecule has 1 N–H and O–H groups in total. The Bertz CT molecular complexity index is 704. The van der Waals surface area contributed by atoms with Gasteiger partial charge in [-0.2, -0.15) is 0 Å². The molecule has 0 radical (unpaired) electrons. The number of nitro benzene ring substituents is 1. The second-order valence-electron chi connectivity index (χ2n) is 6.09. The van der Waals surface area contributed by atoms with E-state index in [9.17, 15) is 18.5 Å². The molecule has 2 fully saturated rings. The molecule has 3 rings (SSSR count). The number of hydrogen-bond donors (Lipinski definition) is 1. The van der Waals surface area contributed by atoms with Gasteiger partial charge in [0.15, 0.2) is 9.84 Å². The fraction of sp³-hybridized carbons (Fsp3) is 0.571.